The van der Waals surface area contributed by atoms with Crippen molar-refractivity contribution in [1.82, 2.24) is 4.90 Å². The molecule has 0 atom stereocenters. The fourth-order valence-electron chi connectivity index (χ4n) is 2.23. The lowest BCUT2D eigenvalue weighted by Crippen LogP contribution is -2.34. The van der Waals surface area contributed by atoms with Gasteiger partial charge >= 0.3 is 0 Å². The summed E-state index contributed by atoms with van der Waals surface area (Å²) in [5, 5.41) is 0. The van der Waals surface area contributed by atoms with Crippen LogP contribution in [0.2, 0.25) is 0 Å². The summed E-state index contributed by atoms with van der Waals surface area (Å²) in [6.07, 6.45) is 0.587. The topological polar surface area (TPSA) is 23.6 Å². The van der Waals surface area contributed by atoms with E-state index in [4.69, 9.17) is 0 Å². The van der Waals surface area contributed by atoms with E-state index in [9.17, 15) is 4.79 Å². The van der Waals surface area contributed by atoms with Crippen molar-refractivity contribution in [2.45, 2.75) is 34.1 Å². The molecule has 3 heteroatoms. The highest BCUT2D eigenvalue weighted by molar-refractivity contribution is 5.93. The molecule has 3 nitrogen and oxygen atoms in total. The van der Waals surface area contributed by atoms with Crippen molar-refractivity contribution in [3.8, 4) is 0 Å². The van der Waals surface area contributed by atoms with Gasteiger partial charge in [-0.1, -0.05) is 26.0 Å². The van der Waals surface area contributed by atoms with E-state index in [-0.39, 0.29) is 5.91 Å². The van der Waals surface area contributed by atoms with Crippen molar-refractivity contribution >= 4 is 11.6 Å². The van der Waals surface area contributed by atoms with Gasteiger partial charge in [0.1, 0.15) is 0 Å². The second-order valence-corrected chi connectivity index (χ2v) is 4.75. The summed E-state index contributed by atoms with van der Waals surface area (Å²) >= 11 is 0. The molecule has 0 aliphatic rings. The van der Waals surface area contributed by atoms with E-state index in [0.717, 1.165) is 31.9 Å². The number of benzene rings is 1. The molecule has 1 amide bonds. The van der Waals surface area contributed by atoms with Crippen LogP contribution < -0.4 is 4.90 Å². The molecule has 0 radical (unpaired) electrons. The van der Waals surface area contributed by atoms with E-state index >= 15 is 0 Å². The Morgan fingerprint density at radius 2 is 1.79 bits per heavy atom. The predicted octanol–water partition coefficient (Wildman–Crippen LogP) is 3.08. The number of hydrogen-bond acceptors (Lipinski definition) is 2. The van der Waals surface area contributed by atoms with Gasteiger partial charge in [-0.2, -0.15) is 0 Å². The second kappa shape index (κ2) is 7.95. The van der Waals surface area contributed by atoms with Gasteiger partial charge in [0, 0.05) is 25.2 Å². The molecule has 0 aliphatic carbocycles. The fourth-order valence-corrected chi connectivity index (χ4v) is 2.23. The molecule has 0 saturated heterocycles. The van der Waals surface area contributed by atoms with Crippen LogP contribution in [-0.4, -0.2) is 37.0 Å². The first-order valence-electron chi connectivity index (χ1n) is 7.21. The van der Waals surface area contributed by atoms with Crippen molar-refractivity contribution in [2.75, 3.05) is 31.1 Å². The summed E-state index contributed by atoms with van der Waals surface area (Å²) in [7, 11) is 0. The minimum Gasteiger partial charge on any atom is -0.313 e. The fraction of sp³-hybridized carbons (Fsp3) is 0.562. The van der Waals surface area contributed by atoms with Crippen molar-refractivity contribution in [3.05, 3.63) is 29.8 Å². The van der Waals surface area contributed by atoms with Gasteiger partial charge in [0.05, 0.1) is 0 Å². The van der Waals surface area contributed by atoms with Gasteiger partial charge in [0.2, 0.25) is 5.91 Å². The average Bonchev–Trinajstić information content (AvgIpc) is 2.41. The largest absolute Gasteiger partial charge is 0.313 e. The zero-order chi connectivity index (χ0) is 14.3. The van der Waals surface area contributed by atoms with Gasteiger partial charge in [-0.3, -0.25) is 4.79 Å². The minimum absolute atomic E-state index is 0.208. The van der Waals surface area contributed by atoms with Crippen molar-refractivity contribution in [2.24, 2.45) is 0 Å². The molecule has 0 aromatic heterocycles. The summed E-state index contributed by atoms with van der Waals surface area (Å²) in [5.74, 6) is 0.208. The molecule has 0 N–H and O–H groups in total. The Bertz CT molecular complexity index is 399. The van der Waals surface area contributed by atoms with Gasteiger partial charge in [0.15, 0.2) is 0 Å². The first-order valence-corrected chi connectivity index (χ1v) is 7.21. The SMILES string of the molecule is CCN(CC)CCC(=O)N(CC)c1cccc(C)c1. The van der Waals surface area contributed by atoms with Crippen LogP contribution in [0.5, 0.6) is 0 Å². The Balaban J connectivity index is 2.67. The smallest absolute Gasteiger partial charge is 0.228 e. The van der Waals surface area contributed by atoms with Gasteiger partial charge < -0.3 is 9.80 Å². The van der Waals surface area contributed by atoms with Crippen LogP contribution in [0.25, 0.3) is 0 Å². The highest BCUT2D eigenvalue weighted by atomic mass is 16.2. The summed E-state index contributed by atoms with van der Waals surface area (Å²) in [5.41, 5.74) is 2.19. The highest BCUT2D eigenvalue weighted by Gasteiger charge is 2.14. The third-order valence-corrected chi connectivity index (χ3v) is 3.47. The van der Waals surface area contributed by atoms with Crippen LogP contribution in [0.1, 0.15) is 32.8 Å². The molecule has 0 unspecified atom stereocenters. The van der Waals surface area contributed by atoms with Crippen molar-refractivity contribution < 1.29 is 4.79 Å². The van der Waals surface area contributed by atoms with E-state index in [1.807, 2.05) is 24.0 Å². The number of nitrogens with zero attached hydrogens (tertiary/aromatic N) is 2. The average molecular weight is 262 g/mol. The highest BCUT2D eigenvalue weighted by Crippen LogP contribution is 2.16. The van der Waals surface area contributed by atoms with Crippen LogP contribution in [0.15, 0.2) is 24.3 Å². The zero-order valence-electron chi connectivity index (χ0n) is 12.6. The Hall–Kier alpha value is -1.35. The standard InChI is InChI=1S/C16H26N2O/c1-5-17(6-2)12-11-16(19)18(7-3)15-10-8-9-14(4)13-15/h8-10,13H,5-7,11-12H2,1-4H3. The van der Waals surface area contributed by atoms with Gasteiger partial charge in [-0.05, 0) is 44.6 Å². The molecule has 0 saturated carbocycles. The molecule has 1 aromatic rings. The predicted molar refractivity (Wildman–Crippen MR) is 81.6 cm³/mol. The molecule has 1 aromatic carbocycles. The first kappa shape index (κ1) is 15.7. The summed E-state index contributed by atoms with van der Waals surface area (Å²) in [6.45, 7) is 11.9. The number of carbonyl (C=O) groups is 1. The lowest BCUT2D eigenvalue weighted by molar-refractivity contribution is -0.118. The van der Waals surface area contributed by atoms with Gasteiger partial charge in [0.25, 0.3) is 0 Å². The number of anilines is 1. The number of carbonyl (C=O) groups excluding carboxylic acids is 1. The maximum Gasteiger partial charge on any atom is 0.228 e. The van der Waals surface area contributed by atoms with Gasteiger partial charge in [-0.25, -0.2) is 0 Å². The van der Waals surface area contributed by atoms with Crippen LogP contribution in [0, 0.1) is 6.92 Å². The Labute approximate surface area is 117 Å². The maximum atomic E-state index is 12.3. The van der Waals surface area contributed by atoms with Crippen LogP contribution in [-0.2, 0) is 4.79 Å². The van der Waals surface area contributed by atoms with E-state index in [2.05, 4.69) is 37.8 Å². The lowest BCUT2D eigenvalue weighted by atomic mass is 10.2. The molecule has 19 heavy (non-hydrogen) atoms. The normalized spacial score (nSPS) is 10.8. The van der Waals surface area contributed by atoms with Crippen LogP contribution >= 0.6 is 0 Å². The molecular formula is C16H26N2O. The molecular weight excluding hydrogens is 236 g/mol. The van der Waals surface area contributed by atoms with E-state index in [1.54, 1.807) is 0 Å². The second-order valence-electron chi connectivity index (χ2n) is 4.75. The van der Waals surface area contributed by atoms with E-state index in [0.29, 0.717) is 6.42 Å². The molecule has 0 aliphatic heterocycles. The van der Waals surface area contributed by atoms with Crippen LogP contribution in [0.3, 0.4) is 0 Å². The van der Waals surface area contributed by atoms with Crippen LogP contribution in [0.4, 0.5) is 5.69 Å². The number of aryl methyl sites for hydroxylation is 1. The first-order chi connectivity index (χ1) is 9.12. The lowest BCUT2D eigenvalue weighted by Gasteiger charge is -2.24. The van der Waals surface area contributed by atoms with Crippen molar-refractivity contribution in [3.63, 3.8) is 0 Å². The Morgan fingerprint density at radius 3 is 2.32 bits per heavy atom. The molecule has 106 valence electrons. The molecule has 0 heterocycles. The number of amides is 1. The Morgan fingerprint density at radius 1 is 1.11 bits per heavy atom. The third kappa shape index (κ3) is 4.67. The molecule has 0 bridgehead atoms. The molecule has 0 fully saturated rings. The minimum atomic E-state index is 0.208. The summed E-state index contributed by atoms with van der Waals surface area (Å²) in [4.78, 5) is 16.5. The monoisotopic (exact) mass is 262 g/mol. The number of rotatable bonds is 7. The van der Waals surface area contributed by atoms with E-state index in [1.165, 1.54) is 5.56 Å². The summed E-state index contributed by atoms with van der Waals surface area (Å²) < 4.78 is 0. The maximum absolute atomic E-state index is 12.3. The third-order valence-electron chi connectivity index (χ3n) is 3.47. The molecule has 0 spiro atoms. The molecule has 1 rings (SSSR count). The van der Waals surface area contributed by atoms with Gasteiger partial charge in [-0.15, -0.1) is 0 Å². The quantitative estimate of drug-likeness (QED) is 0.754. The Kier molecular flexibility index (Phi) is 6.57. The number of hydrogen-bond donors (Lipinski definition) is 0. The van der Waals surface area contributed by atoms with E-state index < -0.39 is 0 Å². The summed E-state index contributed by atoms with van der Waals surface area (Å²) in [6, 6.07) is 8.13. The van der Waals surface area contributed by atoms with Crippen molar-refractivity contribution in [1.29, 1.82) is 0 Å². The zero-order valence-corrected chi connectivity index (χ0v) is 12.6.